The highest BCUT2D eigenvalue weighted by Crippen LogP contribution is 2.64. The lowest BCUT2D eigenvalue weighted by Gasteiger charge is -2.18. The van der Waals surface area contributed by atoms with Crippen molar-refractivity contribution < 1.29 is 9.47 Å². The maximum absolute atomic E-state index is 6.95. The number of fused-ring (bicyclic) bond motifs is 7. The molecule has 254 valence electrons. The Morgan fingerprint density at radius 3 is 1.52 bits per heavy atom. The van der Waals surface area contributed by atoms with E-state index < -0.39 is 5.60 Å². The maximum Gasteiger partial charge on any atom is 0.147 e. The molecule has 3 unspecified atom stereocenters. The topological polar surface area (TPSA) is 21.8 Å². The van der Waals surface area contributed by atoms with E-state index in [0.717, 1.165) is 77.9 Å². The smallest absolute Gasteiger partial charge is 0.147 e. The maximum atomic E-state index is 6.95. The summed E-state index contributed by atoms with van der Waals surface area (Å²) in [7, 11) is 0. The molecule has 0 bridgehead atoms. The Labute approximate surface area is 330 Å². The monoisotopic (exact) mass is 794 g/mol. The van der Waals surface area contributed by atoms with Crippen molar-refractivity contribution in [2.75, 3.05) is 6.61 Å². The van der Waals surface area contributed by atoms with Gasteiger partial charge < -0.3 is 9.47 Å². The first kappa shape index (κ1) is 33.1. The van der Waals surface area contributed by atoms with Crippen molar-refractivity contribution in [3.8, 4) is 22.3 Å². The number of ether oxygens (including phenoxy) is 2. The Bertz CT molecular complexity index is 2570. The van der Waals surface area contributed by atoms with Crippen LogP contribution in [0.2, 0.25) is 30.1 Å². The van der Waals surface area contributed by atoms with E-state index in [0.29, 0.717) is 36.7 Å². The molecular formula is C44H24Cl6O2. The predicted octanol–water partition coefficient (Wildman–Crippen LogP) is 14.1. The third-order valence-corrected chi connectivity index (χ3v) is 11.9. The quantitative estimate of drug-likeness (QED) is 0.166. The summed E-state index contributed by atoms with van der Waals surface area (Å²) in [5.41, 5.74) is 13.8. The fourth-order valence-electron chi connectivity index (χ4n) is 8.24. The van der Waals surface area contributed by atoms with Gasteiger partial charge in [-0.1, -0.05) is 106 Å². The fourth-order valence-corrected chi connectivity index (χ4v) is 9.28. The van der Waals surface area contributed by atoms with Crippen LogP contribution >= 0.6 is 69.6 Å². The minimum atomic E-state index is -0.703. The first-order valence-corrected chi connectivity index (χ1v) is 19.0. The van der Waals surface area contributed by atoms with Crippen molar-refractivity contribution in [1.82, 2.24) is 0 Å². The molecule has 0 saturated carbocycles. The second-order valence-electron chi connectivity index (χ2n) is 13.6. The molecule has 0 radical (unpaired) electrons. The summed E-state index contributed by atoms with van der Waals surface area (Å²) in [6, 6.07) is 35.7. The number of rotatable bonds is 4. The van der Waals surface area contributed by atoms with Crippen LogP contribution in [0.25, 0.3) is 45.6 Å². The molecule has 0 N–H and O–H groups in total. The number of halogens is 6. The van der Waals surface area contributed by atoms with Crippen LogP contribution in [0.3, 0.4) is 0 Å². The average molecular weight is 797 g/mol. The van der Waals surface area contributed by atoms with Gasteiger partial charge in [-0.25, -0.2) is 0 Å². The molecule has 2 nitrogen and oxygen atoms in total. The highest BCUT2D eigenvalue weighted by Gasteiger charge is 2.68. The molecule has 2 aliphatic heterocycles. The van der Waals surface area contributed by atoms with Crippen molar-refractivity contribution in [1.29, 1.82) is 0 Å². The summed E-state index contributed by atoms with van der Waals surface area (Å²) < 4.78 is 13.5. The van der Waals surface area contributed by atoms with E-state index in [2.05, 4.69) is 24.3 Å². The highest BCUT2D eigenvalue weighted by atomic mass is 35.5. The molecule has 6 aromatic carbocycles. The van der Waals surface area contributed by atoms with Gasteiger partial charge in [0, 0.05) is 30.1 Å². The van der Waals surface area contributed by atoms with Crippen molar-refractivity contribution in [2.24, 2.45) is 0 Å². The molecule has 8 heteroatoms. The lowest BCUT2D eigenvalue weighted by atomic mass is 9.86. The summed E-state index contributed by atoms with van der Waals surface area (Å²) in [4.78, 5) is 0. The second kappa shape index (κ2) is 12.2. The van der Waals surface area contributed by atoms with Crippen LogP contribution in [-0.2, 0) is 15.1 Å². The van der Waals surface area contributed by atoms with Crippen LogP contribution in [-0.4, -0.2) is 12.7 Å². The largest absolute Gasteiger partial charge is 0.367 e. The molecule has 2 saturated heterocycles. The van der Waals surface area contributed by atoms with Crippen LogP contribution < -0.4 is 0 Å². The van der Waals surface area contributed by atoms with Gasteiger partial charge in [0.15, 0.2) is 0 Å². The predicted molar refractivity (Wildman–Crippen MR) is 216 cm³/mol. The molecule has 10 rings (SSSR count). The summed E-state index contributed by atoms with van der Waals surface area (Å²) in [5, 5.41) is 3.91. The standard InChI is InChI=1S/C44H24Cl6O2/c45-24-5-1-22(2-6-24)13-32-34-15-26(47)9-11-30(34)40-36(32)17-28(49)19-38(40)42-43-44(52-43,21-51-42)39-20-29(50)18-37-33(14-23-3-7-25(46)8-4-23)35-16-27(48)10-12-31(35)41(37)39/h1-20,42-43H,21H2/b32-13-,33-14?. The second-order valence-corrected chi connectivity index (χ2v) is 16.2. The third-order valence-electron chi connectivity index (χ3n) is 10.5. The lowest BCUT2D eigenvalue weighted by Crippen LogP contribution is -2.14. The molecule has 2 aliphatic carbocycles. The van der Waals surface area contributed by atoms with Gasteiger partial charge in [-0.3, -0.25) is 0 Å². The van der Waals surface area contributed by atoms with Crippen LogP contribution in [0.5, 0.6) is 0 Å². The van der Waals surface area contributed by atoms with Gasteiger partial charge in [0.2, 0.25) is 0 Å². The fraction of sp³-hybridized carbons (Fsp3) is 0.0909. The minimum absolute atomic E-state index is 0.266. The summed E-state index contributed by atoms with van der Waals surface area (Å²) >= 11 is 39.5. The number of hydrogen-bond donors (Lipinski definition) is 0. The van der Waals surface area contributed by atoms with E-state index in [1.165, 1.54) is 0 Å². The number of epoxide rings is 1. The molecular weight excluding hydrogens is 773 g/mol. The van der Waals surface area contributed by atoms with Gasteiger partial charge in [0.05, 0.1) is 6.61 Å². The Kier molecular flexibility index (Phi) is 7.79. The van der Waals surface area contributed by atoms with E-state index in [4.69, 9.17) is 79.1 Å². The first-order chi connectivity index (χ1) is 25.2. The Morgan fingerprint density at radius 1 is 0.481 bits per heavy atom. The summed E-state index contributed by atoms with van der Waals surface area (Å²) in [5.74, 6) is 0. The number of benzene rings is 6. The molecule has 0 amide bonds. The van der Waals surface area contributed by atoms with Crippen LogP contribution in [0.4, 0.5) is 0 Å². The molecule has 3 atom stereocenters. The first-order valence-electron chi connectivity index (χ1n) is 16.7. The highest BCUT2D eigenvalue weighted by molar-refractivity contribution is 6.33. The lowest BCUT2D eigenvalue weighted by molar-refractivity contribution is 0.00851. The molecule has 0 aromatic heterocycles. The van der Waals surface area contributed by atoms with Gasteiger partial charge in [-0.2, -0.15) is 0 Å². The van der Waals surface area contributed by atoms with Crippen LogP contribution in [0, 0.1) is 0 Å². The molecule has 2 heterocycles. The van der Waals surface area contributed by atoms with E-state index in [1.807, 2.05) is 97.1 Å². The van der Waals surface area contributed by atoms with E-state index >= 15 is 0 Å². The van der Waals surface area contributed by atoms with Gasteiger partial charge in [0.1, 0.15) is 17.8 Å². The van der Waals surface area contributed by atoms with Gasteiger partial charge >= 0.3 is 0 Å². The Morgan fingerprint density at radius 2 is 0.962 bits per heavy atom. The van der Waals surface area contributed by atoms with E-state index in [1.54, 1.807) is 0 Å². The van der Waals surface area contributed by atoms with Crippen LogP contribution in [0.1, 0.15) is 50.6 Å². The van der Waals surface area contributed by atoms with Crippen molar-refractivity contribution in [2.45, 2.75) is 17.8 Å². The van der Waals surface area contributed by atoms with Crippen molar-refractivity contribution in [3.05, 3.63) is 184 Å². The van der Waals surface area contributed by atoms with E-state index in [9.17, 15) is 0 Å². The molecule has 2 fully saturated rings. The van der Waals surface area contributed by atoms with Crippen LogP contribution in [0.15, 0.2) is 109 Å². The van der Waals surface area contributed by atoms with E-state index in [-0.39, 0.29) is 12.2 Å². The zero-order valence-electron chi connectivity index (χ0n) is 27.0. The van der Waals surface area contributed by atoms with Gasteiger partial charge in [-0.05, 0) is 163 Å². The van der Waals surface area contributed by atoms with Gasteiger partial charge in [-0.15, -0.1) is 0 Å². The molecule has 6 aromatic rings. The third kappa shape index (κ3) is 5.23. The molecule has 52 heavy (non-hydrogen) atoms. The van der Waals surface area contributed by atoms with Gasteiger partial charge in [0.25, 0.3) is 0 Å². The zero-order chi connectivity index (χ0) is 35.5. The SMILES string of the molecule is Clc1ccc(C=C2c3cc(Cl)ccc3-c3c2cc(Cl)cc3C23COC(c4cc(Cl)cc5c4-c4ccc(Cl)cc4/C5=C/c4ccc(Cl)cc4)C2O3)cc1. The normalized spacial score (nSPS) is 22.0. The van der Waals surface area contributed by atoms with Crippen molar-refractivity contribution >= 4 is 92.9 Å². The molecule has 0 spiro atoms. The summed E-state index contributed by atoms with van der Waals surface area (Å²) in [6.07, 6.45) is 3.66. The van der Waals surface area contributed by atoms with Crippen molar-refractivity contribution in [3.63, 3.8) is 0 Å². The Balaban J connectivity index is 1.10. The summed E-state index contributed by atoms with van der Waals surface area (Å²) in [6.45, 7) is 0.358. The average Bonchev–Trinajstić information content (AvgIpc) is 3.47. The number of hydrogen-bond acceptors (Lipinski definition) is 2. The zero-order valence-corrected chi connectivity index (χ0v) is 31.5. The molecule has 4 aliphatic rings. The minimum Gasteiger partial charge on any atom is -0.367 e. The Hall–Kier alpha value is -3.54.